The van der Waals surface area contributed by atoms with E-state index in [0.717, 1.165) is 10.7 Å². The number of benzene rings is 2. The van der Waals surface area contributed by atoms with Crippen LogP contribution in [0.1, 0.15) is 16.7 Å². The van der Waals surface area contributed by atoms with Gasteiger partial charge in [-0.25, -0.2) is 0 Å². The van der Waals surface area contributed by atoms with Crippen molar-refractivity contribution in [1.29, 1.82) is 0 Å². The first kappa shape index (κ1) is 12.8. The maximum atomic E-state index is 3.54. The molecule has 0 aromatic heterocycles. The highest BCUT2D eigenvalue weighted by atomic mass is 79.9. The molecule has 0 fully saturated rings. The fraction of sp³-hybridized carbons (Fsp3) is 0.200. The van der Waals surface area contributed by atoms with Gasteiger partial charge in [0, 0.05) is 10.7 Å². The first-order chi connectivity index (χ1) is 8.26. The van der Waals surface area contributed by atoms with Gasteiger partial charge in [-0.2, -0.15) is 0 Å². The lowest BCUT2D eigenvalue weighted by Crippen LogP contribution is -1.90. The molecule has 0 spiro atoms. The van der Waals surface area contributed by atoms with Crippen molar-refractivity contribution in [3.63, 3.8) is 0 Å². The van der Waals surface area contributed by atoms with Crippen molar-refractivity contribution in [3.05, 3.63) is 59.2 Å². The zero-order chi connectivity index (χ0) is 12.3. The molecular weight excluding hydrogens is 340 g/mol. The van der Waals surface area contributed by atoms with Gasteiger partial charge in [0.15, 0.2) is 0 Å². The molecule has 0 aliphatic rings. The van der Waals surface area contributed by atoms with Crippen LogP contribution in [0.4, 0.5) is 0 Å². The summed E-state index contributed by atoms with van der Waals surface area (Å²) in [6.45, 7) is 2.19. The van der Waals surface area contributed by atoms with Gasteiger partial charge in [-0.1, -0.05) is 74.3 Å². The van der Waals surface area contributed by atoms with Crippen LogP contribution < -0.4 is 0 Å². The SMILES string of the molecule is Cc1c(CBr)cccc1-c1cccc(CBr)c1. The predicted octanol–water partition coefficient (Wildman–Crippen LogP) is 5.45. The lowest BCUT2D eigenvalue weighted by molar-refractivity contribution is 1.32. The van der Waals surface area contributed by atoms with Gasteiger partial charge in [0.1, 0.15) is 0 Å². The van der Waals surface area contributed by atoms with E-state index in [1.54, 1.807) is 0 Å². The first-order valence-electron chi connectivity index (χ1n) is 5.56. The molecule has 0 amide bonds. The Hall–Kier alpha value is -0.600. The molecule has 17 heavy (non-hydrogen) atoms. The average molecular weight is 354 g/mol. The van der Waals surface area contributed by atoms with E-state index in [9.17, 15) is 0 Å². The van der Waals surface area contributed by atoms with Gasteiger partial charge in [0.05, 0.1) is 0 Å². The van der Waals surface area contributed by atoms with E-state index in [1.807, 2.05) is 0 Å². The van der Waals surface area contributed by atoms with Crippen LogP contribution in [0.5, 0.6) is 0 Å². The van der Waals surface area contributed by atoms with Crippen LogP contribution in [0.25, 0.3) is 11.1 Å². The van der Waals surface area contributed by atoms with Gasteiger partial charge in [-0.05, 0) is 34.7 Å². The van der Waals surface area contributed by atoms with Crippen molar-refractivity contribution < 1.29 is 0 Å². The van der Waals surface area contributed by atoms with Crippen LogP contribution >= 0.6 is 31.9 Å². The Morgan fingerprint density at radius 1 is 0.941 bits per heavy atom. The molecule has 2 heteroatoms. The van der Waals surface area contributed by atoms with Crippen LogP contribution in [-0.4, -0.2) is 0 Å². The number of rotatable bonds is 3. The molecule has 0 N–H and O–H groups in total. The third-order valence-corrected chi connectivity index (χ3v) is 4.23. The summed E-state index contributed by atoms with van der Waals surface area (Å²) in [5.41, 5.74) is 6.64. The first-order valence-corrected chi connectivity index (χ1v) is 7.80. The van der Waals surface area contributed by atoms with Gasteiger partial charge in [0.25, 0.3) is 0 Å². The Morgan fingerprint density at radius 2 is 1.71 bits per heavy atom. The molecule has 0 saturated carbocycles. The van der Waals surface area contributed by atoms with E-state index in [0.29, 0.717) is 0 Å². The van der Waals surface area contributed by atoms with Crippen LogP contribution in [0.15, 0.2) is 42.5 Å². The van der Waals surface area contributed by atoms with Crippen LogP contribution in [0, 0.1) is 6.92 Å². The number of halogens is 2. The molecule has 0 aliphatic heterocycles. The normalized spacial score (nSPS) is 10.5. The van der Waals surface area contributed by atoms with Gasteiger partial charge in [-0.3, -0.25) is 0 Å². The highest BCUT2D eigenvalue weighted by Gasteiger charge is 2.05. The molecule has 0 aliphatic carbocycles. The Labute approximate surface area is 119 Å². The number of alkyl halides is 2. The maximum absolute atomic E-state index is 3.54. The highest BCUT2D eigenvalue weighted by Crippen LogP contribution is 2.27. The standard InChI is InChI=1S/C15H14Br2/c1-11-14(10-17)6-3-7-15(11)13-5-2-4-12(8-13)9-16/h2-8H,9-10H2,1H3. The molecule has 0 atom stereocenters. The van der Waals surface area contributed by atoms with Crippen molar-refractivity contribution in [1.82, 2.24) is 0 Å². The molecular formula is C15H14Br2. The molecule has 2 rings (SSSR count). The lowest BCUT2D eigenvalue weighted by atomic mass is 9.96. The summed E-state index contributed by atoms with van der Waals surface area (Å²) >= 11 is 7.04. The zero-order valence-corrected chi connectivity index (χ0v) is 12.9. The number of hydrogen-bond acceptors (Lipinski definition) is 0. The van der Waals surface area contributed by atoms with Gasteiger partial charge in [0.2, 0.25) is 0 Å². The van der Waals surface area contributed by atoms with Crippen molar-refractivity contribution in [2.75, 3.05) is 0 Å². The molecule has 0 nitrogen and oxygen atoms in total. The van der Waals surface area contributed by atoms with E-state index in [-0.39, 0.29) is 0 Å². The van der Waals surface area contributed by atoms with Gasteiger partial charge >= 0.3 is 0 Å². The average Bonchev–Trinajstić information content (AvgIpc) is 2.39. The van der Waals surface area contributed by atoms with E-state index in [4.69, 9.17) is 0 Å². The predicted molar refractivity (Wildman–Crippen MR) is 81.9 cm³/mol. The van der Waals surface area contributed by atoms with E-state index < -0.39 is 0 Å². The van der Waals surface area contributed by atoms with E-state index >= 15 is 0 Å². The molecule has 0 radical (unpaired) electrons. The largest absolute Gasteiger partial charge is 0.0876 e. The Morgan fingerprint density at radius 3 is 2.41 bits per heavy atom. The Balaban J connectivity index is 2.52. The molecule has 0 unspecified atom stereocenters. The minimum atomic E-state index is 0.901. The minimum Gasteiger partial charge on any atom is -0.0876 e. The second kappa shape index (κ2) is 5.83. The Kier molecular flexibility index (Phi) is 4.41. The molecule has 0 saturated heterocycles. The van der Waals surface area contributed by atoms with Gasteiger partial charge in [-0.15, -0.1) is 0 Å². The smallest absolute Gasteiger partial charge is 0.0285 e. The van der Waals surface area contributed by atoms with Crippen molar-refractivity contribution in [2.24, 2.45) is 0 Å². The summed E-state index contributed by atoms with van der Waals surface area (Å²) in [5, 5.41) is 1.81. The fourth-order valence-corrected chi connectivity index (χ4v) is 2.92. The zero-order valence-electron chi connectivity index (χ0n) is 9.71. The van der Waals surface area contributed by atoms with Crippen molar-refractivity contribution >= 4 is 31.9 Å². The molecule has 88 valence electrons. The molecule has 0 bridgehead atoms. The minimum absolute atomic E-state index is 0.901. The summed E-state index contributed by atoms with van der Waals surface area (Å²) in [6, 6.07) is 15.2. The van der Waals surface area contributed by atoms with Crippen LogP contribution in [-0.2, 0) is 10.7 Å². The van der Waals surface area contributed by atoms with Crippen LogP contribution in [0.2, 0.25) is 0 Å². The monoisotopic (exact) mass is 352 g/mol. The molecule has 2 aromatic rings. The lowest BCUT2D eigenvalue weighted by Gasteiger charge is -2.10. The van der Waals surface area contributed by atoms with Crippen molar-refractivity contribution in [3.8, 4) is 11.1 Å². The van der Waals surface area contributed by atoms with E-state index in [2.05, 4.69) is 81.2 Å². The highest BCUT2D eigenvalue weighted by molar-refractivity contribution is 9.08. The molecule has 0 heterocycles. The summed E-state index contributed by atoms with van der Waals surface area (Å²) in [6.07, 6.45) is 0. The third kappa shape index (κ3) is 2.80. The topological polar surface area (TPSA) is 0 Å². The summed E-state index contributed by atoms with van der Waals surface area (Å²) in [7, 11) is 0. The maximum Gasteiger partial charge on any atom is 0.0285 e. The summed E-state index contributed by atoms with van der Waals surface area (Å²) in [4.78, 5) is 0. The quantitative estimate of drug-likeness (QED) is 0.643. The van der Waals surface area contributed by atoms with E-state index in [1.165, 1.54) is 27.8 Å². The van der Waals surface area contributed by atoms with Gasteiger partial charge < -0.3 is 0 Å². The summed E-state index contributed by atoms with van der Waals surface area (Å²) < 4.78 is 0. The molecule has 2 aromatic carbocycles. The fourth-order valence-electron chi connectivity index (χ4n) is 1.96. The third-order valence-electron chi connectivity index (χ3n) is 2.98. The summed E-state index contributed by atoms with van der Waals surface area (Å²) in [5.74, 6) is 0. The van der Waals surface area contributed by atoms with Crippen molar-refractivity contribution in [2.45, 2.75) is 17.6 Å². The Bertz CT molecular complexity index is 518. The second-order valence-corrected chi connectivity index (χ2v) is 5.18. The van der Waals surface area contributed by atoms with Crippen LogP contribution in [0.3, 0.4) is 0 Å². The number of hydrogen-bond donors (Lipinski definition) is 0. The second-order valence-electron chi connectivity index (χ2n) is 4.06.